The van der Waals surface area contributed by atoms with Crippen LogP contribution < -0.4 is 0 Å². The molecular weight excluding hydrogens is 321 g/mol. The maximum atomic E-state index is 11.9. The zero-order valence-corrected chi connectivity index (χ0v) is 12.2. The van der Waals surface area contributed by atoms with Crippen LogP contribution in [0.4, 0.5) is 5.69 Å². The van der Waals surface area contributed by atoms with Crippen LogP contribution in [0, 0.1) is 10.1 Å². The molecule has 0 atom stereocenters. The minimum Gasteiger partial charge on any atom is -0.289 e. The van der Waals surface area contributed by atoms with Crippen LogP contribution in [-0.4, -0.2) is 10.7 Å². The lowest BCUT2D eigenvalue weighted by Crippen LogP contribution is -1.92. The fraction of sp³-hybridized carbons (Fsp3) is 0. The minimum atomic E-state index is -0.491. The summed E-state index contributed by atoms with van der Waals surface area (Å²) in [6, 6.07) is 7.48. The number of halogens is 2. The molecule has 0 aliphatic carbocycles. The van der Waals surface area contributed by atoms with E-state index in [9.17, 15) is 14.9 Å². The van der Waals surface area contributed by atoms with Gasteiger partial charge in [-0.05, 0) is 17.7 Å². The Kier molecular flexibility index (Phi) is 4.54. The van der Waals surface area contributed by atoms with Gasteiger partial charge in [0, 0.05) is 12.1 Å². The highest BCUT2D eigenvalue weighted by atomic mass is 35.5. The molecule has 1 heterocycles. The van der Waals surface area contributed by atoms with Crippen LogP contribution in [0.5, 0.6) is 0 Å². The molecule has 20 heavy (non-hydrogen) atoms. The van der Waals surface area contributed by atoms with E-state index < -0.39 is 4.92 Å². The first-order chi connectivity index (χ1) is 9.47. The molecule has 0 spiro atoms. The largest absolute Gasteiger partial charge is 0.289 e. The van der Waals surface area contributed by atoms with Gasteiger partial charge in [0.05, 0.1) is 14.8 Å². The van der Waals surface area contributed by atoms with Crippen molar-refractivity contribution >= 4 is 52.1 Å². The number of benzene rings is 1. The van der Waals surface area contributed by atoms with Crippen LogP contribution in [0.25, 0.3) is 6.08 Å². The van der Waals surface area contributed by atoms with Crippen LogP contribution in [0.2, 0.25) is 8.67 Å². The molecule has 0 aliphatic heterocycles. The second-order valence-electron chi connectivity index (χ2n) is 3.79. The molecule has 2 aromatic rings. The summed E-state index contributed by atoms with van der Waals surface area (Å²) in [5.41, 5.74) is 0.851. The zero-order chi connectivity index (χ0) is 14.7. The van der Waals surface area contributed by atoms with Gasteiger partial charge >= 0.3 is 0 Å². The summed E-state index contributed by atoms with van der Waals surface area (Å²) in [6.07, 6.45) is 2.81. The molecule has 0 radical (unpaired) electrons. The third-order valence-electron chi connectivity index (χ3n) is 2.43. The molecule has 0 unspecified atom stereocenters. The van der Waals surface area contributed by atoms with Crippen molar-refractivity contribution in [3.63, 3.8) is 0 Å². The summed E-state index contributed by atoms with van der Waals surface area (Å²) >= 11 is 12.8. The smallest absolute Gasteiger partial charge is 0.270 e. The summed E-state index contributed by atoms with van der Waals surface area (Å²) in [6.45, 7) is 0. The molecule has 1 aromatic heterocycles. The van der Waals surface area contributed by atoms with Crippen molar-refractivity contribution in [2.24, 2.45) is 0 Å². The Hall–Kier alpha value is -1.69. The van der Waals surface area contributed by atoms with E-state index in [4.69, 9.17) is 23.2 Å². The Morgan fingerprint density at radius 3 is 2.65 bits per heavy atom. The van der Waals surface area contributed by atoms with Gasteiger partial charge in [-0.2, -0.15) is 0 Å². The van der Waals surface area contributed by atoms with Crippen molar-refractivity contribution < 1.29 is 9.72 Å². The molecule has 0 bridgehead atoms. The number of non-ortho nitro benzene ring substituents is 1. The highest BCUT2D eigenvalue weighted by Gasteiger charge is 2.11. The average molecular weight is 328 g/mol. The summed E-state index contributed by atoms with van der Waals surface area (Å²) in [5.74, 6) is -0.301. The molecule has 102 valence electrons. The third-order valence-corrected chi connectivity index (χ3v) is 3.92. The Morgan fingerprint density at radius 2 is 2.05 bits per heavy atom. The minimum absolute atomic E-state index is 0.0313. The predicted octanol–water partition coefficient (Wildman–Crippen LogP) is 4.86. The number of thiophene rings is 1. The van der Waals surface area contributed by atoms with Crippen LogP contribution in [0.1, 0.15) is 15.9 Å². The normalized spacial score (nSPS) is 10.9. The number of nitro benzene ring substituents is 1. The fourth-order valence-electron chi connectivity index (χ4n) is 1.51. The highest BCUT2D eigenvalue weighted by Crippen LogP contribution is 2.31. The number of carbonyl (C=O) groups is 1. The zero-order valence-electron chi connectivity index (χ0n) is 9.88. The van der Waals surface area contributed by atoms with Crippen molar-refractivity contribution in [2.45, 2.75) is 0 Å². The molecule has 4 nitrogen and oxygen atoms in total. The van der Waals surface area contributed by atoms with Crippen molar-refractivity contribution in [1.29, 1.82) is 0 Å². The number of nitro groups is 1. The fourth-order valence-corrected chi connectivity index (χ4v) is 2.99. The lowest BCUT2D eigenvalue weighted by molar-refractivity contribution is -0.384. The monoisotopic (exact) mass is 327 g/mol. The Labute approximate surface area is 128 Å². The van der Waals surface area contributed by atoms with Crippen molar-refractivity contribution in [2.75, 3.05) is 0 Å². The third kappa shape index (κ3) is 3.45. The quantitative estimate of drug-likeness (QED) is 0.348. The molecule has 0 amide bonds. The van der Waals surface area contributed by atoms with Gasteiger partial charge in [-0.25, -0.2) is 0 Å². The van der Waals surface area contributed by atoms with Crippen LogP contribution in [0.3, 0.4) is 0 Å². The molecular formula is C13H7Cl2NO3S. The van der Waals surface area contributed by atoms with E-state index in [1.165, 1.54) is 30.4 Å². The molecule has 0 aliphatic rings. The van der Waals surface area contributed by atoms with Crippen LogP contribution >= 0.6 is 34.5 Å². The second-order valence-corrected chi connectivity index (χ2v) is 6.07. The maximum Gasteiger partial charge on any atom is 0.270 e. The van der Waals surface area contributed by atoms with Gasteiger partial charge in [0.1, 0.15) is 4.34 Å². The molecule has 0 saturated heterocycles. The number of nitrogens with zero attached hydrogens (tertiary/aromatic N) is 1. The van der Waals surface area contributed by atoms with Crippen molar-refractivity contribution in [3.8, 4) is 0 Å². The summed E-state index contributed by atoms with van der Waals surface area (Å²) in [4.78, 5) is 22.1. The predicted molar refractivity (Wildman–Crippen MR) is 80.8 cm³/mol. The Balaban J connectivity index is 2.21. The maximum absolute atomic E-state index is 11.9. The highest BCUT2D eigenvalue weighted by molar-refractivity contribution is 7.20. The summed E-state index contributed by atoms with van der Waals surface area (Å²) < 4.78 is 0.755. The van der Waals surface area contributed by atoms with Crippen LogP contribution in [0.15, 0.2) is 36.4 Å². The molecule has 2 rings (SSSR count). The molecule has 1 aromatic carbocycles. The standard InChI is InChI=1S/C13H7Cl2NO3S/c14-12-7-10(13(15)20-12)11(17)5-4-8-2-1-3-9(6-8)16(18)19/h1-7H/b5-4+. The first-order valence-corrected chi connectivity index (χ1v) is 6.96. The number of hydrogen-bond donors (Lipinski definition) is 0. The van der Waals surface area contributed by atoms with E-state index in [1.807, 2.05) is 0 Å². The van der Waals surface area contributed by atoms with E-state index in [2.05, 4.69) is 0 Å². The molecule has 0 N–H and O–H groups in total. The van der Waals surface area contributed by atoms with Gasteiger partial charge in [0.15, 0.2) is 5.78 Å². The van der Waals surface area contributed by atoms with E-state index in [0.29, 0.717) is 19.8 Å². The first kappa shape index (κ1) is 14.7. The summed E-state index contributed by atoms with van der Waals surface area (Å²) in [5, 5.41) is 10.6. The number of allylic oxidation sites excluding steroid dienone is 1. The van der Waals surface area contributed by atoms with Gasteiger partial charge in [-0.3, -0.25) is 14.9 Å². The SMILES string of the molecule is O=C(/C=C/c1cccc([N+](=O)[O-])c1)c1cc(Cl)sc1Cl. The number of carbonyl (C=O) groups excluding carboxylic acids is 1. The second kappa shape index (κ2) is 6.17. The topological polar surface area (TPSA) is 60.2 Å². The van der Waals surface area contributed by atoms with E-state index in [1.54, 1.807) is 12.1 Å². The van der Waals surface area contributed by atoms with Gasteiger partial charge in [-0.15, -0.1) is 11.3 Å². The van der Waals surface area contributed by atoms with Crippen LogP contribution in [-0.2, 0) is 0 Å². The number of rotatable bonds is 4. The van der Waals surface area contributed by atoms with Gasteiger partial charge in [0.2, 0.25) is 0 Å². The van der Waals surface area contributed by atoms with E-state index in [-0.39, 0.29) is 11.5 Å². The molecule has 0 saturated carbocycles. The van der Waals surface area contributed by atoms with E-state index in [0.717, 1.165) is 11.3 Å². The number of hydrogen-bond acceptors (Lipinski definition) is 4. The number of ketones is 1. The van der Waals surface area contributed by atoms with Gasteiger partial charge in [0.25, 0.3) is 5.69 Å². The molecule has 7 heteroatoms. The van der Waals surface area contributed by atoms with E-state index >= 15 is 0 Å². The molecule has 0 fully saturated rings. The average Bonchev–Trinajstić information content (AvgIpc) is 2.75. The van der Waals surface area contributed by atoms with Crippen molar-refractivity contribution in [3.05, 3.63) is 66.3 Å². The van der Waals surface area contributed by atoms with Gasteiger partial charge in [-0.1, -0.05) is 41.4 Å². The summed E-state index contributed by atoms with van der Waals surface area (Å²) in [7, 11) is 0. The van der Waals surface area contributed by atoms with Gasteiger partial charge < -0.3 is 0 Å². The lowest BCUT2D eigenvalue weighted by Gasteiger charge is -1.94. The van der Waals surface area contributed by atoms with Crippen molar-refractivity contribution in [1.82, 2.24) is 0 Å². The first-order valence-electron chi connectivity index (χ1n) is 5.39. The Morgan fingerprint density at radius 1 is 1.30 bits per heavy atom. The Bertz CT molecular complexity index is 709. The lowest BCUT2D eigenvalue weighted by atomic mass is 10.1.